The Labute approximate surface area is 247 Å². The first-order valence-electron chi connectivity index (χ1n) is 14.6. The number of unbranched alkanes of at least 4 members (excludes halogenated alkanes) is 1. The van der Waals surface area contributed by atoms with Crippen molar-refractivity contribution < 1.29 is 40.6 Å². The monoisotopic (exact) mass is 604 g/mol. The number of halogens is 6. The Balaban J connectivity index is 1.42. The summed E-state index contributed by atoms with van der Waals surface area (Å²) in [7, 11) is 0. The maximum absolute atomic E-state index is 15.1. The van der Waals surface area contributed by atoms with Gasteiger partial charge in [-0.2, -0.15) is 8.78 Å². The molecule has 0 heterocycles. The number of hydrogen-bond donors (Lipinski definition) is 0. The minimum Gasteiger partial charge on any atom is -0.490 e. The molecule has 230 valence electrons. The molecule has 0 amide bonds. The number of carbonyl (C=O) groups excluding carboxylic acids is 1. The van der Waals surface area contributed by atoms with Crippen LogP contribution in [-0.4, -0.2) is 12.6 Å². The smallest absolute Gasteiger partial charge is 0.346 e. The van der Waals surface area contributed by atoms with Crippen LogP contribution in [0.4, 0.5) is 26.3 Å². The minimum atomic E-state index is -1.52. The number of benzene rings is 3. The van der Waals surface area contributed by atoms with Crippen LogP contribution in [0.5, 0.6) is 11.5 Å². The summed E-state index contributed by atoms with van der Waals surface area (Å²) in [5.74, 6) is -10.5. The number of aryl methyl sites for hydroxylation is 1. The quantitative estimate of drug-likeness (QED) is 0.0719. The van der Waals surface area contributed by atoms with E-state index in [2.05, 4.69) is 0 Å². The highest BCUT2D eigenvalue weighted by molar-refractivity contribution is 5.91. The summed E-state index contributed by atoms with van der Waals surface area (Å²) >= 11 is 0. The van der Waals surface area contributed by atoms with Crippen LogP contribution in [0.25, 0.3) is 0 Å². The van der Waals surface area contributed by atoms with Gasteiger partial charge in [0.05, 0.1) is 12.2 Å². The first kappa shape index (κ1) is 32.2. The summed E-state index contributed by atoms with van der Waals surface area (Å²) in [5, 5.41) is 0. The number of esters is 1. The van der Waals surface area contributed by atoms with E-state index in [-0.39, 0.29) is 29.4 Å². The Morgan fingerprint density at radius 1 is 0.767 bits per heavy atom. The third-order valence-electron chi connectivity index (χ3n) is 7.92. The fraction of sp³-hybridized carbons (Fsp3) is 0.382. The highest BCUT2D eigenvalue weighted by Crippen LogP contribution is 2.43. The predicted octanol–water partition coefficient (Wildman–Crippen LogP) is 9.87. The Bertz CT molecular complexity index is 1480. The largest absolute Gasteiger partial charge is 0.490 e. The van der Waals surface area contributed by atoms with Gasteiger partial charge in [0.15, 0.2) is 34.8 Å². The molecule has 1 fully saturated rings. The van der Waals surface area contributed by atoms with Gasteiger partial charge in [0.1, 0.15) is 0 Å². The molecule has 3 nitrogen and oxygen atoms in total. The van der Waals surface area contributed by atoms with Gasteiger partial charge in [0.2, 0.25) is 11.6 Å². The molecule has 0 spiro atoms. The van der Waals surface area contributed by atoms with Crippen molar-refractivity contribution in [1.29, 1.82) is 0 Å². The summed E-state index contributed by atoms with van der Waals surface area (Å²) in [6.45, 7) is 3.92. The summed E-state index contributed by atoms with van der Waals surface area (Å²) in [5.41, 5.74) is -0.138. The molecule has 1 aliphatic carbocycles. The zero-order valence-corrected chi connectivity index (χ0v) is 24.1. The highest BCUT2D eigenvalue weighted by atomic mass is 19.2. The zero-order valence-electron chi connectivity index (χ0n) is 24.1. The van der Waals surface area contributed by atoms with Crippen LogP contribution in [0, 0.1) is 34.9 Å². The Morgan fingerprint density at radius 3 is 1.98 bits per heavy atom. The van der Waals surface area contributed by atoms with Crippen LogP contribution < -0.4 is 9.47 Å². The fourth-order valence-electron chi connectivity index (χ4n) is 5.46. The molecule has 9 heteroatoms. The number of hydrogen-bond acceptors (Lipinski definition) is 3. The summed E-state index contributed by atoms with van der Waals surface area (Å²) in [4.78, 5) is 12.5. The molecule has 0 radical (unpaired) electrons. The lowest BCUT2D eigenvalue weighted by atomic mass is 9.75. The van der Waals surface area contributed by atoms with E-state index in [1.54, 1.807) is 12.1 Å². The molecule has 4 rings (SSSR count). The van der Waals surface area contributed by atoms with E-state index in [1.807, 2.05) is 26.0 Å². The van der Waals surface area contributed by atoms with Crippen LogP contribution in [0.3, 0.4) is 0 Å². The summed E-state index contributed by atoms with van der Waals surface area (Å²) in [6.07, 6.45) is 7.83. The highest BCUT2D eigenvalue weighted by Gasteiger charge is 2.30. The van der Waals surface area contributed by atoms with Gasteiger partial charge in [0.25, 0.3) is 0 Å². The maximum Gasteiger partial charge on any atom is 0.346 e. The SMILES string of the molecule is CC=CCCc1ccc(C2CCC(c3ccc(OC(=O)c4ccc(OCCCC)c(F)c4F)c(F)c3F)CC2)c(F)c1F. The van der Waals surface area contributed by atoms with Crippen molar-refractivity contribution in [3.63, 3.8) is 0 Å². The summed E-state index contributed by atoms with van der Waals surface area (Å²) in [6, 6.07) is 7.59. The van der Waals surface area contributed by atoms with Crippen LogP contribution in [0.2, 0.25) is 0 Å². The standard InChI is InChI=1S/C34H34F6O3/c1-3-5-7-8-22-13-14-23(29(36)28(22)35)20-9-11-21(12-10-20)24-15-18-27(33(40)30(24)37)43-34(41)25-16-17-26(32(39)31(25)38)42-19-6-4-2/h3,5,13-18,20-21H,4,6-12,19H2,1-2H3. The lowest BCUT2D eigenvalue weighted by Crippen LogP contribution is -2.17. The van der Waals surface area contributed by atoms with Gasteiger partial charge in [-0.25, -0.2) is 22.4 Å². The second-order valence-corrected chi connectivity index (χ2v) is 10.7. The molecule has 3 aromatic rings. The second kappa shape index (κ2) is 14.6. The van der Waals surface area contributed by atoms with Crippen LogP contribution in [-0.2, 0) is 6.42 Å². The van der Waals surface area contributed by atoms with Crippen molar-refractivity contribution in [1.82, 2.24) is 0 Å². The Hall–Kier alpha value is -3.75. The molecule has 0 aliphatic heterocycles. The third-order valence-corrected chi connectivity index (χ3v) is 7.92. The minimum absolute atomic E-state index is 0.0625. The Morgan fingerprint density at radius 2 is 1.35 bits per heavy atom. The third kappa shape index (κ3) is 7.25. The van der Waals surface area contributed by atoms with Gasteiger partial charge in [-0.15, -0.1) is 0 Å². The molecule has 0 unspecified atom stereocenters. The number of rotatable bonds is 11. The van der Waals surface area contributed by atoms with Crippen molar-refractivity contribution in [2.24, 2.45) is 0 Å². The number of allylic oxidation sites excluding steroid dienone is 2. The van der Waals surface area contributed by atoms with Gasteiger partial charge < -0.3 is 9.47 Å². The van der Waals surface area contributed by atoms with Crippen LogP contribution >= 0.6 is 0 Å². The molecular formula is C34H34F6O3. The summed E-state index contributed by atoms with van der Waals surface area (Å²) < 4.78 is 98.6. The van der Waals surface area contributed by atoms with Crippen molar-refractivity contribution >= 4 is 5.97 Å². The van der Waals surface area contributed by atoms with Crippen molar-refractivity contribution in [2.45, 2.75) is 77.0 Å². The van der Waals surface area contributed by atoms with E-state index in [0.717, 1.165) is 24.6 Å². The normalized spacial score (nSPS) is 16.9. The van der Waals surface area contributed by atoms with E-state index < -0.39 is 58.1 Å². The van der Waals surface area contributed by atoms with Gasteiger partial charge in [-0.1, -0.05) is 43.7 Å². The van der Waals surface area contributed by atoms with Crippen LogP contribution in [0.15, 0.2) is 48.6 Å². The molecule has 1 saturated carbocycles. The molecule has 0 bridgehead atoms. The molecule has 43 heavy (non-hydrogen) atoms. The maximum atomic E-state index is 15.1. The fourth-order valence-corrected chi connectivity index (χ4v) is 5.46. The topological polar surface area (TPSA) is 35.5 Å². The second-order valence-electron chi connectivity index (χ2n) is 10.7. The lowest BCUT2D eigenvalue weighted by molar-refractivity contribution is 0.0720. The molecule has 0 saturated heterocycles. The molecule has 0 N–H and O–H groups in total. The molecular weight excluding hydrogens is 570 g/mol. The van der Waals surface area contributed by atoms with Gasteiger partial charge in [0, 0.05) is 0 Å². The molecule has 1 aliphatic rings. The van der Waals surface area contributed by atoms with Crippen molar-refractivity contribution in [3.8, 4) is 11.5 Å². The average Bonchev–Trinajstić information content (AvgIpc) is 3.00. The first-order valence-corrected chi connectivity index (χ1v) is 14.6. The molecule has 0 aromatic heterocycles. The van der Waals surface area contributed by atoms with Gasteiger partial charge in [-0.3, -0.25) is 0 Å². The molecule has 0 atom stereocenters. The lowest BCUT2D eigenvalue weighted by Gasteiger charge is -2.30. The average molecular weight is 605 g/mol. The van der Waals surface area contributed by atoms with Crippen molar-refractivity contribution in [2.75, 3.05) is 6.61 Å². The Kier molecular flexibility index (Phi) is 10.9. The zero-order chi connectivity index (χ0) is 31.1. The van der Waals surface area contributed by atoms with Gasteiger partial charge in [-0.05, 0) is 98.6 Å². The number of ether oxygens (including phenoxy) is 2. The molecule has 3 aromatic carbocycles. The predicted molar refractivity (Wildman–Crippen MR) is 152 cm³/mol. The first-order chi connectivity index (χ1) is 20.7. The van der Waals surface area contributed by atoms with E-state index >= 15 is 4.39 Å². The van der Waals surface area contributed by atoms with E-state index in [4.69, 9.17) is 9.47 Å². The van der Waals surface area contributed by atoms with Crippen LogP contribution in [0.1, 0.15) is 97.7 Å². The van der Waals surface area contributed by atoms with E-state index in [0.29, 0.717) is 50.5 Å². The van der Waals surface area contributed by atoms with Gasteiger partial charge >= 0.3 is 5.97 Å². The van der Waals surface area contributed by atoms with E-state index in [9.17, 15) is 26.7 Å². The number of carbonyl (C=O) groups is 1. The van der Waals surface area contributed by atoms with Crippen molar-refractivity contribution in [3.05, 3.63) is 106 Å². The van der Waals surface area contributed by atoms with E-state index in [1.165, 1.54) is 6.07 Å².